The third kappa shape index (κ3) is 2.51. The third-order valence-corrected chi connectivity index (χ3v) is 4.21. The second-order valence-electron chi connectivity index (χ2n) is 4.84. The SMILES string of the molecule is O=C(COc1ccc2ccccc2c1Br)N1CC(O)C1. The van der Waals surface area contributed by atoms with Crippen LogP contribution in [0.15, 0.2) is 40.9 Å². The summed E-state index contributed by atoms with van der Waals surface area (Å²) in [6.45, 7) is 0.797. The summed E-state index contributed by atoms with van der Waals surface area (Å²) in [6.07, 6.45) is -0.383. The van der Waals surface area contributed by atoms with E-state index in [2.05, 4.69) is 15.9 Å². The minimum atomic E-state index is -0.383. The molecule has 0 spiro atoms. The van der Waals surface area contributed by atoms with Gasteiger partial charge in [-0.1, -0.05) is 30.3 Å². The Hall–Kier alpha value is -1.59. The molecule has 1 aliphatic rings. The van der Waals surface area contributed by atoms with Crippen molar-refractivity contribution in [2.75, 3.05) is 19.7 Å². The van der Waals surface area contributed by atoms with E-state index in [9.17, 15) is 9.90 Å². The van der Waals surface area contributed by atoms with Crippen LogP contribution in [0, 0.1) is 0 Å². The van der Waals surface area contributed by atoms with Crippen LogP contribution in [-0.4, -0.2) is 41.7 Å². The normalized spacial score (nSPS) is 15.2. The van der Waals surface area contributed by atoms with Crippen LogP contribution in [-0.2, 0) is 4.79 Å². The summed E-state index contributed by atoms with van der Waals surface area (Å²) in [4.78, 5) is 13.4. The topological polar surface area (TPSA) is 49.8 Å². The summed E-state index contributed by atoms with van der Waals surface area (Å²) in [5.41, 5.74) is 0. The van der Waals surface area contributed by atoms with Crippen LogP contribution in [0.1, 0.15) is 0 Å². The molecule has 0 aliphatic carbocycles. The Kier molecular flexibility index (Phi) is 3.63. The van der Waals surface area contributed by atoms with Gasteiger partial charge in [-0.3, -0.25) is 4.79 Å². The monoisotopic (exact) mass is 335 g/mol. The fourth-order valence-corrected chi connectivity index (χ4v) is 2.82. The largest absolute Gasteiger partial charge is 0.483 e. The standard InChI is InChI=1S/C15H14BrNO3/c16-15-12-4-2-1-3-10(12)5-6-13(15)20-9-14(19)17-7-11(18)8-17/h1-6,11,18H,7-9H2. The average Bonchev–Trinajstić information content (AvgIpc) is 2.43. The van der Waals surface area contributed by atoms with E-state index in [0.717, 1.165) is 15.2 Å². The second kappa shape index (κ2) is 5.42. The van der Waals surface area contributed by atoms with Crippen LogP contribution in [0.2, 0.25) is 0 Å². The van der Waals surface area contributed by atoms with Crippen LogP contribution in [0.3, 0.4) is 0 Å². The van der Waals surface area contributed by atoms with E-state index in [4.69, 9.17) is 4.74 Å². The Morgan fingerprint density at radius 2 is 2.05 bits per heavy atom. The molecule has 1 N–H and O–H groups in total. The van der Waals surface area contributed by atoms with Crippen LogP contribution < -0.4 is 4.74 Å². The minimum Gasteiger partial charge on any atom is -0.483 e. The minimum absolute atomic E-state index is 0.0103. The zero-order valence-electron chi connectivity index (χ0n) is 10.8. The molecule has 0 unspecified atom stereocenters. The van der Waals surface area contributed by atoms with Crippen molar-refractivity contribution in [1.29, 1.82) is 0 Å². The maximum atomic E-state index is 11.8. The number of likely N-dealkylation sites (tertiary alicyclic amines) is 1. The highest BCUT2D eigenvalue weighted by Gasteiger charge is 2.28. The van der Waals surface area contributed by atoms with E-state index in [1.165, 1.54) is 0 Å². The Bertz CT molecular complexity index is 653. The van der Waals surface area contributed by atoms with Gasteiger partial charge in [0.05, 0.1) is 10.6 Å². The van der Waals surface area contributed by atoms with Crippen molar-refractivity contribution >= 4 is 32.6 Å². The number of nitrogens with zero attached hydrogens (tertiary/aromatic N) is 1. The van der Waals surface area contributed by atoms with E-state index in [1.54, 1.807) is 4.90 Å². The summed E-state index contributed by atoms with van der Waals surface area (Å²) in [5.74, 6) is 0.550. The molecule has 104 valence electrons. The number of carbonyl (C=O) groups excluding carboxylic acids is 1. The number of rotatable bonds is 3. The van der Waals surface area contributed by atoms with E-state index in [-0.39, 0.29) is 18.6 Å². The molecule has 1 saturated heterocycles. The van der Waals surface area contributed by atoms with Crippen molar-refractivity contribution in [2.45, 2.75) is 6.10 Å². The van der Waals surface area contributed by atoms with Crippen molar-refractivity contribution in [2.24, 2.45) is 0 Å². The Morgan fingerprint density at radius 1 is 1.30 bits per heavy atom. The predicted octanol–water partition coefficient (Wildman–Crippen LogP) is 2.18. The quantitative estimate of drug-likeness (QED) is 0.935. The number of benzene rings is 2. The zero-order chi connectivity index (χ0) is 14.1. The van der Waals surface area contributed by atoms with Gasteiger partial charge in [0.1, 0.15) is 5.75 Å². The lowest BCUT2D eigenvalue weighted by atomic mass is 10.1. The zero-order valence-corrected chi connectivity index (χ0v) is 12.3. The highest BCUT2D eigenvalue weighted by atomic mass is 79.9. The molecule has 1 amide bonds. The van der Waals surface area contributed by atoms with Gasteiger partial charge in [0.15, 0.2) is 6.61 Å². The van der Waals surface area contributed by atoms with Crippen molar-refractivity contribution in [3.63, 3.8) is 0 Å². The van der Waals surface area contributed by atoms with Gasteiger partial charge in [0, 0.05) is 13.1 Å². The number of ether oxygens (including phenoxy) is 1. The number of aliphatic hydroxyl groups is 1. The third-order valence-electron chi connectivity index (χ3n) is 3.39. The van der Waals surface area contributed by atoms with Gasteiger partial charge in [-0.05, 0) is 32.8 Å². The molecule has 0 radical (unpaired) electrons. The van der Waals surface area contributed by atoms with Crippen molar-refractivity contribution < 1.29 is 14.6 Å². The number of β-amino-alcohol motifs (C(OH)–C–C–N with tert-alkyl or cyclic N) is 1. The van der Waals surface area contributed by atoms with Gasteiger partial charge in [-0.2, -0.15) is 0 Å². The molecule has 1 fully saturated rings. The lowest BCUT2D eigenvalue weighted by Crippen LogP contribution is -2.54. The first-order valence-electron chi connectivity index (χ1n) is 6.41. The van der Waals surface area contributed by atoms with Gasteiger partial charge in [-0.15, -0.1) is 0 Å². The van der Waals surface area contributed by atoms with Crippen molar-refractivity contribution in [3.05, 3.63) is 40.9 Å². The fourth-order valence-electron chi connectivity index (χ4n) is 2.21. The number of halogens is 1. The first-order chi connectivity index (χ1) is 9.65. The maximum absolute atomic E-state index is 11.8. The number of aliphatic hydroxyl groups excluding tert-OH is 1. The first kappa shape index (κ1) is 13.4. The molecule has 2 aromatic rings. The summed E-state index contributed by atoms with van der Waals surface area (Å²) >= 11 is 3.52. The van der Waals surface area contributed by atoms with Crippen LogP contribution in [0.25, 0.3) is 10.8 Å². The van der Waals surface area contributed by atoms with Crippen LogP contribution in [0.5, 0.6) is 5.75 Å². The molecule has 4 nitrogen and oxygen atoms in total. The smallest absolute Gasteiger partial charge is 0.260 e. The highest BCUT2D eigenvalue weighted by Crippen LogP contribution is 2.33. The molecule has 3 rings (SSSR count). The average molecular weight is 336 g/mol. The van der Waals surface area contributed by atoms with Gasteiger partial charge in [0.2, 0.25) is 0 Å². The molecule has 0 saturated carbocycles. The molecular weight excluding hydrogens is 322 g/mol. The van der Waals surface area contributed by atoms with Gasteiger partial charge < -0.3 is 14.7 Å². The van der Waals surface area contributed by atoms with E-state index >= 15 is 0 Å². The molecule has 5 heteroatoms. The second-order valence-corrected chi connectivity index (χ2v) is 5.63. The molecule has 1 aliphatic heterocycles. The number of hydrogen-bond acceptors (Lipinski definition) is 3. The highest BCUT2D eigenvalue weighted by molar-refractivity contribution is 9.10. The molecule has 0 atom stereocenters. The predicted molar refractivity (Wildman–Crippen MR) is 79.7 cm³/mol. The summed E-state index contributed by atoms with van der Waals surface area (Å²) in [5, 5.41) is 11.3. The summed E-state index contributed by atoms with van der Waals surface area (Å²) in [6, 6.07) is 11.8. The van der Waals surface area contributed by atoms with Gasteiger partial charge >= 0.3 is 0 Å². The number of hydrogen-bond donors (Lipinski definition) is 1. The van der Waals surface area contributed by atoms with Crippen LogP contribution >= 0.6 is 15.9 Å². The van der Waals surface area contributed by atoms with Crippen LogP contribution in [0.4, 0.5) is 0 Å². The molecule has 0 aromatic heterocycles. The van der Waals surface area contributed by atoms with E-state index in [0.29, 0.717) is 18.8 Å². The maximum Gasteiger partial charge on any atom is 0.260 e. The summed E-state index contributed by atoms with van der Waals surface area (Å²) < 4.78 is 6.43. The Balaban J connectivity index is 1.71. The van der Waals surface area contributed by atoms with Crippen molar-refractivity contribution in [3.8, 4) is 5.75 Å². The van der Waals surface area contributed by atoms with E-state index < -0.39 is 0 Å². The molecule has 20 heavy (non-hydrogen) atoms. The number of carbonyl (C=O) groups is 1. The number of fused-ring (bicyclic) bond motifs is 1. The summed E-state index contributed by atoms with van der Waals surface area (Å²) in [7, 11) is 0. The molecule has 0 bridgehead atoms. The molecule has 2 aromatic carbocycles. The lowest BCUT2D eigenvalue weighted by Gasteiger charge is -2.35. The Labute approximate surface area is 125 Å². The Morgan fingerprint density at radius 3 is 2.80 bits per heavy atom. The number of amides is 1. The van der Waals surface area contributed by atoms with Gasteiger partial charge in [0.25, 0.3) is 5.91 Å². The van der Waals surface area contributed by atoms with E-state index in [1.807, 2.05) is 36.4 Å². The molecular formula is C15H14BrNO3. The fraction of sp³-hybridized carbons (Fsp3) is 0.267. The van der Waals surface area contributed by atoms with Gasteiger partial charge in [-0.25, -0.2) is 0 Å². The van der Waals surface area contributed by atoms with Crippen molar-refractivity contribution in [1.82, 2.24) is 4.90 Å². The molecule has 1 heterocycles. The lowest BCUT2D eigenvalue weighted by molar-refractivity contribution is -0.143. The first-order valence-corrected chi connectivity index (χ1v) is 7.20.